The second-order valence-electron chi connectivity index (χ2n) is 2.93. The van der Waals surface area contributed by atoms with Crippen molar-refractivity contribution in [3.8, 4) is 0 Å². The summed E-state index contributed by atoms with van der Waals surface area (Å²) in [6, 6.07) is 0. The first kappa shape index (κ1) is 5.15. The van der Waals surface area contributed by atoms with Crippen LogP contribution in [-0.2, 0) is 9.59 Å². The van der Waals surface area contributed by atoms with Crippen LogP contribution in [0.5, 0.6) is 0 Å². The summed E-state index contributed by atoms with van der Waals surface area (Å²) in [5.41, 5.74) is 0. The highest BCUT2D eigenvalue weighted by Gasteiger charge is 2.48. The average Bonchev–Trinajstić information content (AvgIpc) is 2.58. The minimum Gasteiger partial charge on any atom is -0.291 e. The first-order valence-corrected chi connectivity index (χ1v) is 3.36. The van der Waals surface area contributed by atoms with Crippen molar-refractivity contribution in [1.29, 1.82) is 0 Å². The predicted octanol–water partition coefficient (Wildman–Crippen LogP) is 0.554. The van der Waals surface area contributed by atoms with Gasteiger partial charge in [0.25, 0.3) is 0 Å². The molecule has 0 radical (unpaired) electrons. The summed E-state index contributed by atoms with van der Waals surface area (Å²) >= 11 is 0. The van der Waals surface area contributed by atoms with Gasteiger partial charge in [-0.15, -0.1) is 0 Å². The zero-order valence-electron chi connectivity index (χ0n) is 5.09. The highest BCUT2D eigenvalue weighted by atomic mass is 16.2. The van der Waals surface area contributed by atoms with Gasteiger partial charge in [0.15, 0.2) is 5.78 Å². The number of Topliss-reactive ketones (excluding diaryl/α,β-unsaturated/α-hetero) is 2. The molecule has 48 valence electrons. The van der Waals surface area contributed by atoms with Crippen molar-refractivity contribution in [3.63, 3.8) is 0 Å². The third-order valence-corrected chi connectivity index (χ3v) is 2.28. The summed E-state index contributed by atoms with van der Waals surface area (Å²) in [5, 5.41) is 0. The quantitative estimate of drug-likeness (QED) is 0.442. The fourth-order valence-electron chi connectivity index (χ4n) is 1.53. The zero-order valence-corrected chi connectivity index (χ0v) is 5.09. The lowest BCUT2D eigenvalue weighted by Crippen LogP contribution is -2.20. The molecule has 0 amide bonds. The van der Waals surface area contributed by atoms with E-state index in [1.54, 1.807) is 0 Å². The maximum Gasteiger partial charge on any atom is 0.201 e. The van der Waals surface area contributed by atoms with E-state index < -0.39 is 0 Å². The molecule has 2 saturated carbocycles. The van der Waals surface area contributed by atoms with Crippen molar-refractivity contribution >= 4 is 11.6 Å². The zero-order chi connectivity index (χ0) is 6.43. The van der Waals surface area contributed by atoms with Gasteiger partial charge in [0.05, 0.1) is 0 Å². The van der Waals surface area contributed by atoms with E-state index in [2.05, 4.69) is 0 Å². The molecule has 0 saturated heterocycles. The second-order valence-corrected chi connectivity index (χ2v) is 2.93. The second kappa shape index (κ2) is 1.43. The molecule has 0 spiro atoms. The third-order valence-electron chi connectivity index (χ3n) is 2.28. The van der Waals surface area contributed by atoms with Crippen molar-refractivity contribution in [2.75, 3.05) is 0 Å². The number of hydrogen-bond donors (Lipinski definition) is 0. The van der Waals surface area contributed by atoms with Crippen LogP contribution in [0.3, 0.4) is 0 Å². The Kier molecular flexibility index (Phi) is 0.821. The summed E-state index contributed by atoms with van der Waals surface area (Å²) in [5.74, 6) is 0.529. The van der Waals surface area contributed by atoms with Gasteiger partial charge in [0, 0.05) is 12.3 Å². The van der Waals surface area contributed by atoms with Crippen molar-refractivity contribution in [3.05, 3.63) is 0 Å². The molecule has 9 heavy (non-hydrogen) atoms. The number of fused-ring (bicyclic) bond motifs is 1. The van der Waals surface area contributed by atoms with Gasteiger partial charge in [-0.25, -0.2) is 0 Å². The number of hydrogen-bond acceptors (Lipinski definition) is 2. The van der Waals surface area contributed by atoms with E-state index in [1.165, 1.54) is 0 Å². The molecule has 0 aromatic heterocycles. The molecule has 0 bridgehead atoms. The van der Waals surface area contributed by atoms with Crippen LogP contribution in [0.4, 0.5) is 0 Å². The molecule has 2 aliphatic carbocycles. The molecule has 0 N–H and O–H groups in total. The Morgan fingerprint density at radius 3 is 2.78 bits per heavy atom. The lowest BCUT2D eigenvalue weighted by molar-refractivity contribution is -0.138. The molecule has 2 unspecified atom stereocenters. The van der Waals surface area contributed by atoms with E-state index >= 15 is 0 Å². The Morgan fingerprint density at radius 2 is 2.11 bits per heavy atom. The Balaban J connectivity index is 2.19. The molecule has 0 aromatic carbocycles. The normalized spacial score (nSPS) is 40.4. The smallest absolute Gasteiger partial charge is 0.201 e. The monoisotopic (exact) mass is 124 g/mol. The molecule has 0 aromatic rings. The molecule has 2 nitrogen and oxygen atoms in total. The fraction of sp³-hybridized carbons (Fsp3) is 0.714. The lowest BCUT2D eigenvalue weighted by Gasteiger charge is -2.03. The molecule has 0 heterocycles. The summed E-state index contributed by atoms with van der Waals surface area (Å²) < 4.78 is 0. The molecule has 2 atom stereocenters. The van der Waals surface area contributed by atoms with Gasteiger partial charge < -0.3 is 0 Å². The van der Waals surface area contributed by atoms with Crippen molar-refractivity contribution < 1.29 is 9.59 Å². The number of carbonyl (C=O) groups excluding carboxylic acids is 2. The van der Waals surface area contributed by atoms with Crippen LogP contribution in [-0.4, -0.2) is 11.6 Å². The van der Waals surface area contributed by atoms with Gasteiger partial charge in [0.1, 0.15) is 0 Å². The summed E-state index contributed by atoms with van der Waals surface area (Å²) in [7, 11) is 0. The van der Waals surface area contributed by atoms with E-state index in [1.807, 2.05) is 0 Å². The first-order valence-electron chi connectivity index (χ1n) is 3.36. The molecule has 2 aliphatic rings. The van der Waals surface area contributed by atoms with Gasteiger partial charge in [0.2, 0.25) is 5.78 Å². The highest BCUT2D eigenvalue weighted by Crippen LogP contribution is 2.46. The third kappa shape index (κ3) is 0.622. The van der Waals surface area contributed by atoms with E-state index in [0.29, 0.717) is 12.3 Å². The molecular weight excluding hydrogens is 116 g/mol. The number of carbonyl (C=O) groups is 2. The van der Waals surface area contributed by atoms with Crippen LogP contribution in [0.1, 0.15) is 19.3 Å². The largest absolute Gasteiger partial charge is 0.291 e. The van der Waals surface area contributed by atoms with Crippen molar-refractivity contribution in [1.82, 2.24) is 0 Å². The van der Waals surface area contributed by atoms with Crippen LogP contribution < -0.4 is 0 Å². The minimum absolute atomic E-state index is 0.0914. The maximum absolute atomic E-state index is 10.8. The Bertz CT molecular complexity index is 183. The van der Waals surface area contributed by atoms with Gasteiger partial charge in [-0.2, -0.15) is 0 Å². The van der Waals surface area contributed by atoms with E-state index in [0.717, 1.165) is 12.8 Å². The van der Waals surface area contributed by atoms with Gasteiger partial charge in [-0.3, -0.25) is 9.59 Å². The van der Waals surface area contributed by atoms with E-state index in [-0.39, 0.29) is 17.5 Å². The fourth-order valence-corrected chi connectivity index (χ4v) is 1.53. The molecule has 2 rings (SSSR count). The van der Waals surface area contributed by atoms with Gasteiger partial charge in [-0.1, -0.05) is 0 Å². The summed E-state index contributed by atoms with van der Waals surface area (Å²) in [6.07, 6.45) is 2.47. The Morgan fingerprint density at radius 1 is 1.33 bits per heavy atom. The Labute approximate surface area is 53.2 Å². The summed E-state index contributed by atoms with van der Waals surface area (Å²) in [6.45, 7) is 0. The van der Waals surface area contributed by atoms with Crippen LogP contribution in [0, 0.1) is 11.8 Å². The van der Waals surface area contributed by atoms with Crippen LogP contribution in [0.25, 0.3) is 0 Å². The van der Waals surface area contributed by atoms with Gasteiger partial charge in [-0.05, 0) is 18.8 Å². The van der Waals surface area contributed by atoms with Crippen LogP contribution >= 0.6 is 0 Å². The first-order chi connectivity index (χ1) is 4.29. The van der Waals surface area contributed by atoms with E-state index in [4.69, 9.17) is 0 Å². The van der Waals surface area contributed by atoms with E-state index in [9.17, 15) is 9.59 Å². The molecular formula is C7H8O2. The standard InChI is InChI=1S/C7H8O2/c8-6-2-1-4-3-5(4)7(6)9/h4-5H,1-3H2. The van der Waals surface area contributed by atoms with Crippen LogP contribution in [0.2, 0.25) is 0 Å². The topological polar surface area (TPSA) is 34.1 Å². The maximum atomic E-state index is 10.8. The van der Waals surface area contributed by atoms with Crippen LogP contribution in [0.15, 0.2) is 0 Å². The SMILES string of the molecule is O=C1CCC2CC2C1=O. The van der Waals surface area contributed by atoms with Crippen molar-refractivity contribution in [2.45, 2.75) is 19.3 Å². The Hall–Kier alpha value is -0.660. The lowest BCUT2D eigenvalue weighted by atomic mass is 9.98. The number of ketones is 2. The van der Waals surface area contributed by atoms with Gasteiger partial charge >= 0.3 is 0 Å². The average molecular weight is 124 g/mol. The minimum atomic E-state index is -0.131. The molecule has 0 aliphatic heterocycles. The summed E-state index contributed by atoms with van der Waals surface area (Å²) in [4.78, 5) is 21.5. The molecule has 2 fully saturated rings. The number of rotatable bonds is 0. The van der Waals surface area contributed by atoms with Crippen molar-refractivity contribution in [2.24, 2.45) is 11.8 Å². The highest BCUT2D eigenvalue weighted by molar-refractivity contribution is 6.39. The predicted molar refractivity (Wildman–Crippen MR) is 30.8 cm³/mol. The molecule has 2 heteroatoms.